The van der Waals surface area contributed by atoms with Gasteiger partial charge in [-0.25, -0.2) is 27.8 Å². The minimum Gasteiger partial charge on any atom is -0.439 e. The van der Waals surface area contributed by atoms with E-state index in [4.69, 9.17) is 26.1 Å². The number of hydrogen-bond acceptors (Lipinski definition) is 10. The van der Waals surface area contributed by atoms with Crippen LogP contribution in [0.2, 0.25) is 5.28 Å². The molecule has 2 aliphatic rings. The lowest BCUT2D eigenvalue weighted by Gasteiger charge is -2.33. The lowest BCUT2D eigenvalue weighted by Crippen LogP contribution is -2.50. The highest BCUT2D eigenvalue weighted by Gasteiger charge is 2.43. The van der Waals surface area contributed by atoms with Gasteiger partial charge in [0, 0.05) is 50.5 Å². The number of likely N-dealkylation sites (N-methyl/N-ethyl adjacent to an activating group) is 1. The van der Waals surface area contributed by atoms with Gasteiger partial charge in [-0.2, -0.15) is 20.1 Å². The summed E-state index contributed by atoms with van der Waals surface area (Å²) in [5.74, 6) is -1.49. The van der Waals surface area contributed by atoms with E-state index in [1.807, 2.05) is 18.4 Å². The van der Waals surface area contributed by atoms with E-state index in [0.717, 1.165) is 12.1 Å². The number of carbonyl (C=O) groups is 1. The highest BCUT2D eigenvalue weighted by Crippen LogP contribution is 2.38. The van der Waals surface area contributed by atoms with Gasteiger partial charge < -0.3 is 23.8 Å². The molecule has 1 saturated heterocycles. The number of aryl methyl sites for hydroxylation is 1. The van der Waals surface area contributed by atoms with Crippen molar-refractivity contribution in [1.82, 2.24) is 44.2 Å². The molecule has 4 aromatic heterocycles. The third kappa shape index (κ3) is 5.77. The Morgan fingerprint density at radius 3 is 2.67 bits per heavy atom. The van der Waals surface area contributed by atoms with E-state index < -0.39 is 35.8 Å². The van der Waals surface area contributed by atoms with Crippen LogP contribution < -0.4 is 9.64 Å². The average Bonchev–Trinajstić information content (AvgIpc) is 3.78. The van der Waals surface area contributed by atoms with Crippen molar-refractivity contribution in [3.8, 4) is 23.0 Å². The van der Waals surface area contributed by atoms with Crippen LogP contribution in [0.15, 0.2) is 48.8 Å². The van der Waals surface area contributed by atoms with Gasteiger partial charge in [-0.05, 0) is 56.1 Å². The van der Waals surface area contributed by atoms with E-state index in [1.54, 1.807) is 22.9 Å². The Hall–Kier alpha value is -5.35. The molecule has 6 aromatic rings. The number of nitrogens with zero attached hydrogens (tertiary/aromatic N) is 10. The van der Waals surface area contributed by atoms with Gasteiger partial charge in [0.05, 0.1) is 41.0 Å². The molecule has 0 radical (unpaired) electrons. The molecule has 262 valence electrons. The molecular formula is C34H30ClF3N10O3. The summed E-state index contributed by atoms with van der Waals surface area (Å²) in [5.41, 5.74) is 2.05. The van der Waals surface area contributed by atoms with Gasteiger partial charge in [0.2, 0.25) is 11.2 Å². The molecule has 6 heterocycles. The maximum atomic E-state index is 15.0. The van der Waals surface area contributed by atoms with E-state index in [9.17, 15) is 13.6 Å². The molecule has 13 nitrogen and oxygen atoms in total. The molecular weight excluding hydrogens is 689 g/mol. The molecule has 0 saturated carbocycles. The summed E-state index contributed by atoms with van der Waals surface area (Å²) in [7, 11) is 1.70. The summed E-state index contributed by atoms with van der Waals surface area (Å²) in [6, 6.07) is 6.69. The molecule has 8 rings (SSSR count). The van der Waals surface area contributed by atoms with Crippen LogP contribution in [0.25, 0.3) is 39.0 Å². The summed E-state index contributed by atoms with van der Waals surface area (Å²) in [5, 5.41) is 4.48. The smallest absolute Gasteiger partial charge is 0.318 e. The number of aromatic nitrogens is 8. The van der Waals surface area contributed by atoms with E-state index in [-0.39, 0.29) is 40.9 Å². The van der Waals surface area contributed by atoms with Crippen LogP contribution in [0.1, 0.15) is 25.6 Å². The summed E-state index contributed by atoms with van der Waals surface area (Å²) in [6.07, 6.45) is 2.35. The number of carbonyl (C=O) groups excluding carboxylic acids is 1. The van der Waals surface area contributed by atoms with Gasteiger partial charge in [0.15, 0.2) is 17.7 Å². The number of imidazole rings is 1. The number of hydrogen-bond donors (Lipinski definition) is 0. The Balaban J connectivity index is 1.29. The maximum absolute atomic E-state index is 15.0. The first kappa shape index (κ1) is 32.8. The van der Waals surface area contributed by atoms with E-state index in [1.165, 1.54) is 35.3 Å². The average molecular weight is 719 g/mol. The topological polar surface area (TPSA) is 129 Å². The monoisotopic (exact) mass is 718 g/mol. The summed E-state index contributed by atoms with van der Waals surface area (Å²) >= 11 is 6.49. The largest absolute Gasteiger partial charge is 0.439 e. The zero-order chi connectivity index (χ0) is 35.6. The van der Waals surface area contributed by atoms with Gasteiger partial charge in [-0.15, -0.1) is 0 Å². The summed E-state index contributed by atoms with van der Waals surface area (Å²) < 4.78 is 59.5. The number of anilines is 1. The van der Waals surface area contributed by atoms with E-state index in [2.05, 4.69) is 25.0 Å². The van der Waals surface area contributed by atoms with Crippen molar-refractivity contribution in [2.75, 3.05) is 25.1 Å². The SMILES string of the molecule is CCO[C@H]1CN(C)C(=O)[C@@H]2CCC(Oc3nccc(n3)-c3cc(F)cc4nc(C)n(c34)C1)N2c1nc(Cl)nc2c1cnn2-c1ccc(F)cc1F. The maximum Gasteiger partial charge on any atom is 0.318 e. The molecule has 0 N–H and O–H groups in total. The molecule has 51 heavy (non-hydrogen) atoms. The zero-order valence-electron chi connectivity index (χ0n) is 27.6. The first-order chi connectivity index (χ1) is 24.6. The van der Waals surface area contributed by atoms with Crippen molar-refractivity contribution >= 4 is 45.4 Å². The standard InChI is InChI=1S/C34H30ClF3N10O3/c1-4-50-20-15-45(3)32(49)27-7-8-28(47(27)30-22-14-40-48(31(22)44-33(35)43-30)26-6-5-18(36)12-23(26)38)51-34-39-10-9-24(42-34)21-11-19(37)13-25-29(21)46(16-20)17(2)41-25/h5-6,9-14,20,27-28H,4,7-8,15-16H2,1-3H3/t20-,27-,28?/m0/s1. The van der Waals surface area contributed by atoms with Crippen LogP contribution >= 0.6 is 11.6 Å². The van der Waals surface area contributed by atoms with Crippen molar-refractivity contribution in [2.24, 2.45) is 0 Å². The second-order valence-corrected chi connectivity index (χ2v) is 12.7. The minimum absolute atomic E-state index is 0.0216. The predicted molar refractivity (Wildman–Crippen MR) is 180 cm³/mol. The Labute approximate surface area is 293 Å². The predicted octanol–water partition coefficient (Wildman–Crippen LogP) is 5.25. The molecule has 0 aliphatic carbocycles. The lowest BCUT2D eigenvalue weighted by atomic mass is 10.1. The molecule has 1 unspecified atom stereocenters. The van der Waals surface area contributed by atoms with Crippen LogP contribution in [0, 0.1) is 24.4 Å². The molecule has 17 heteroatoms. The molecule has 4 bridgehead atoms. The fourth-order valence-electron chi connectivity index (χ4n) is 7.01. The summed E-state index contributed by atoms with van der Waals surface area (Å²) in [6.45, 7) is 4.63. The Kier molecular flexibility index (Phi) is 8.21. The minimum atomic E-state index is -0.861. The Morgan fingerprint density at radius 1 is 1.02 bits per heavy atom. The van der Waals surface area contributed by atoms with Crippen LogP contribution in [0.4, 0.5) is 19.0 Å². The number of rotatable bonds is 4. The van der Waals surface area contributed by atoms with E-state index in [0.29, 0.717) is 59.5 Å². The number of fused-ring (bicyclic) bond motifs is 6. The number of benzene rings is 2. The first-order valence-corrected chi connectivity index (χ1v) is 16.7. The normalized spacial score (nSPS) is 19.4. The fraction of sp³-hybridized carbons (Fsp3) is 0.324. The molecule has 2 aromatic carbocycles. The van der Waals surface area contributed by atoms with Crippen molar-refractivity contribution < 1.29 is 27.4 Å². The first-order valence-electron chi connectivity index (χ1n) is 16.3. The van der Waals surface area contributed by atoms with Crippen molar-refractivity contribution in [3.63, 3.8) is 0 Å². The Bertz CT molecular complexity index is 2330. The zero-order valence-corrected chi connectivity index (χ0v) is 28.4. The number of halogens is 4. The third-order valence-corrected chi connectivity index (χ3v) is 9.34. The highest BCUT2D eigenvalue weighted by molar-refractivity contribution is 6.28. The number of ether oxygens (including phenoxy) is 2. The van der Waals surface area contributed by atoms with Crippen molar-refractivity contribution in [2.45, 2.75) is 51.6 Å². The molecule has 0 spiro atoms. The number of amides is 1. The van der Waals surface area contributed by atoms with Gasteiger partial charge in [0.1, 0.15) is 35.0 Å². The van der Waals surface area contributed by atoms with Crippen LogP contribution in [0.5, 0.6) is 6.01 Å². The fourth-order valence-corrected chi connectivity index (χ4v) is 7.17. The lowest BCUT2D eigenvalue weighted by molar-refractivity contribution is -0.133. The van der Waals surface area contributed by atoms with Crippen LogP contribution in [-0.2, 0) is 16.1 Å². The Morgan fingerprint density at radius 2 is 1.86 bits per heavy atom. The van der Waals surface area contributed by atoms with Crippen LogP contribution in [0.3, 0.4) is 0 Å². The van der Waals surface area contributed by atoms with Gasteiger partial charge in [-0.3, -0.25) is 4.79 Å². The van der Waals surface area contributed by atoms with Gasteiger partial charge in [-0.1, -0.05) is 0 Å². The second-order valence-electron chi connectivity index (χ2n) is 12.4. The highest BCUT2D eigenvalue weighted by atomic mass is 35.5. The summed E-state index contributed by atoms with van der Waals surface area (Å²) in [4.78, 5) is 40.2. The van der Waals surface area contributed by atoms with Crippen LogP contribution in [-0.4, -0.2) is 88.6 Å². The molecule has 1 amide bonds. The van der Waals surface area contributed by atoms with Gasteiger partial charge in [0.25, 0.3) is 0 Å². The van der Waals surface area contributed by atoms with Gasteiger partial charge >= 0.3 is 6.01 Å². The van der Waals surface area contributed by atoms with E-state index >= 15 is 4.39 Å². The molecule has 1 fully saturated rings. The molecule has 2 aliphatic heterocycles. The third-order valence-electron chi connectivity index (χ3n) is 9.17. The molecule has 3 atom stereocenters. The van der Waals surface area contributed by atoms with Crippen molar-refractivity contribution in [1.29, 1.82) is 0 Å². The quantitative estimate of drug-likeness (QED) is 0.223. The van der Waals surface area contributed by atoms with Crippen molar-refractivity contribution in [3.05, 3.63) is 77.4 Å². The second kappa shape index (κ2) is 12.8.